The summed E-state index contributed by atoms with van der Waals surface area (Å²) in [5, 5.41) is 0. The van der Waals surface area contributed by atoms with Gasteiger partial charge in [0.2, 0.25) is 0 Å². The van der Waals surface area contributed by atoms with Crippen molar-refractivity contribution in [2.45, 2.75) is 31.6 Å². The molecule has 0 bridgehead atoms. The number of nitrogen functional groups attached to an aromatic ring is 1. The highest BCUT2D eigenvalue weighted by Gasteiger charge is 2.35. The average Bonchev–Trinajstić information content (AvgIpc) is 2.64. The third-order valence-electron chi connectivity index (χ3n) is 5.26. The third-order valence-corrected chi connectivity index (χ3v) is 7.32. The van der Waals surface area contributed by atoms with E-state index in [0.29, 0.717) is 25.6 Å². The van der Waals surface area contributed by atoms with E-state index in [-0.39, 0.29) is 23.1 Å². The largest absolute Gasteiger partial charge is 0.394 e. The second-order valence-corrected chi connectivity index (χ2v) is 10.3. The Kier molecular flexibility index (Phi) is 5.52. The molecule has 1 fully saturated rings. The number of hydrogen-bond donors (Lipinski definition) is 1. The van der Waals surface area contributed by atoms with Crippen molar-refractivity contribution >= 4 is 21.3 Å². The molecule has 0 spiro atoms. The van der Waals surface area contributed by atoms with Crippen molar-refractivity contribution < 1.29 is 21.9 Å². The molecule has 3 rings (SSSR count). The Morgan fingerprint density at radius 3 is 2.38 bits per heavy atom. The molecule has 1 aliphatic rings. The highest BCUT2D eigenvalue weighted by atomic mass is 32.2. The third kappa shape index (κ3) is 4.04. The average molecular weight is 426 g/mol. The van der Waals surface area contributed by atoms with Gasteiger partial charge in [-0.15, -0.1) is 0 Å². The minimum Gasteiger partial charge on any atom is -0.394 e. The fourth-order valence-electron chi connectivity index (χ4n) is 2.99. The lowest BCUT2D eigenvalue weighted by Gasteiger charge is -2.35. The van der Waals surface area contributed by atoms with E-state index >= 15 is 0 Å². The molecular formula is C19H24F2N4O3S. The summed E-state index contributed by atoms with van der Waals surface area (Å²) < 4.78 is 56.9. The molecule has 7 nitrogen and oxygen atoms in total. The van der Waals surface area contributed by atoms with Crippen molar-refractivity contribution in [3.63, 3.8) is 0 Å². The molecule has 1 aliphatic heterocycles. The molecule has 0 amide bonds. The van der Waals surface area contributed by atoms with Crippen LogP contribution in [0.4, 0.5) is 20.3 Å². The Balaban J connectivity index is 2.23. The Hall–Kier alpha value is -2.33. The molecule has 2 heterocycles. The van der Waals surface area contributed by atoms with E-state index in [0.717, 1.165) is 18.4 Å². The summed E-state index contributed by atoms with van der Waals surface area (Å²) >= 11 is 0. The predicted octanol–water partition coefficient (Wildman–Crippen LogP) is 2.51. The first-order chi connectivity index (χ1) is 13.4. The molecule has 158 valence electrons. The second-order valence-electron chi connectivity index (χ2n) is 7.69. The van der Waals surface area contributed by atoms with E-state index in [4.69, 9.17) is 10.5 Å². The number of nitrogens with two attached hydrogens (primary N) is 1. The summed E-state index contributed by atoms with van der Waals surface area (Å²) in [4.78, 5) is 10.8. The SMILES string of the molecule is C[C@H]1COCCN1c1cc(C(C)(C)S(C)(=O)=O)nc(-c2cc(F)c(N)c(F)c2)n1. The Morgan fingerprint density at radius 1 is 1.21 bits per heavy atom. The van der Waals surface area contributed by atoms with Crippen LogP contribution in [-0.2, 0) is 19.3 Å². The van der Waals surface area contributed by atoms with Gasteiger partial charge in [0.1, 0.15) is 27.9 Å². The van der Waals surface area contributed by atoms with Gasteiger partial charge in [-0.2, -0.15) is 0 Å². The minimum absolute atomic E-state index is 0.0133. The van der Waals surface area contributed by atoms with Gasteiger partial charge in [0.15, 0.2) is 15.7 Å². The quantitative estimate of drug-likeness (QED) is 0.750. The second kappa shape index (κ2) is 7.49. The van der Waals surface area contributed by atoms with Gasteiger partial charge in [0, 0.05) is 24.4 Å². The van der Waals surface area contributed by atoms with Gasteiger partial charge < -0.3 is 15.4 Å². The van der Waals surface area contributed by atoms with Crippen LogP contribution in [0.1, 0.15) is 26.5 Å². The number of benzene rings is 1. The maximum atomic E-state index is 14.0. The Labute approximate surface area is 168 Å². The van der Waals surface area contributed by atoms with Crippen molar-refractivity contribution in [1.82, 2.24) is 9.97 Å². The standard InChI is InChI=1S/C19H24F2N4O3S/c1-11-10-28-6-5-25(11)16-9-15(19(2,3)29(4,26)27)23-18(24-16)12-7-13(20)17(22)14(21)8-12/h7-9,11H,5-6,10,22H2,1-4H3/t11-/m0/s1. The van der Waals surface area contributed by atoms with Gasteiger partial charge >= 0.3 is 0 Å². The predicted molar refractivity (Wildman–Crippen MR) is 107 cm³/mol. The van der Waals surface area contributed by atoms with Crippen LogP contribution in [0, 0.1) is 11.6 Å². The molecule has 1 saturated heterocycles. The Bertz CT molecular complexity index is 1020. The lowest BCUT2D eigenvalue weighted by molar-refractivity contribution is 0.0985. The van der Waals surface area contributed by atoms with Crippen LogP contribution >= 0.6 is 0 Å². The molecule has 10 heteroatoms. The number of halogens is 2. The zero-order valence-electron chi connectivity index (χ0n) is 16.7. The van der Waals surface area contributed by atoms with Crippen LogP contribution in [0.15, 0.2) is 18.2 Å². The van der Waals surface area contributed by atoms with Crippen LogP contribution < -0.4 is 10.6 Å². The van der Waals surface area contributed by atoms with Gasteiger partial charge in [-0.25, -0.2) is 27.2 Å². The maximum absolute atomic E-state index is 14.0. The lowest BCUT2D eigenvalue weighted by Crippen LogP contribution is -2.44. The minimum atomic E-state index is -3.54. The van der Waals surface area contributed by atoms with Crippen molar-refractivity contribution in [3.05, 3.63) is 35.5 Å². The van der Waals surface area contributed by atoms with Crippen molar-refractivity contribution in [2.75, 3.05) is 36.6 Å². The van der Waals surface area contributed by atoms with Crippen molar-refractivity contribution in [2.24, 2.45) is 0 Å². The molecule has 2 N–H and O–H groups in total. The van der Waals surface area contributed by atoms with E-state index in [2.05, 4.69) is 9.97 Å². The summed E-state index contributed by atoms with van der Waals surface area (Å²) in [5.41, 5.74) is 5.07. The van der Waals surface area contributed by atoms with E-state index in [1.165, 1.54) is 13.8 Å². The summed E-state index contributed by atoms with van der Waals surface area (Å²) in [6.45, 7) is 6.52. The fraction of sp³-hybridized carbons (Fsp3) is 0.474. The summed E-state index contributed by atoms with van der Waals surface area (Å²) in [5.74, 6) is -1.38. The maximum Gasteiger partial charge on any atom is 0.162 e. The van der Waals surface area contributed by atoms with Crippen molar-refractivity contribution in [1.29, 1.82) is 0 Å². The number of ether oxygens (including phenoxy) is 1. The summed E-state index contributed by atoms with van der Waals surface area (Å²) in [6, 6.07) is 3.67. The number of morpholine rings is 1. The molecule has 1 aromatic heterocycles. The first-order valence-electron chi connectivity index (χ1n) is 9.10. The van der Waals surface area contributed by atoms with Gasteiger partial charge in [-0.3, -0.25) is 0 Å². The summed E-state index contributed by atoms with van der Waals surface area (Å²) in [6.07, 6.45) is 1.12. The number of hydrogen-bond acceptors (Lipinski definition) is 7. The summed E-state index contributed by atoms with van der Waals surface area (Å²) in [7, 11) is -3.54. The number of rotatable bonds is 4. The molecule has 2 aromatic rings. The van der Waals surface area contributed by atoms with Gasteiger partial charge in [-0.05, 0) is 32.9 Å². The molecule has 1 aromatic carbocycles. The Morgan fingerprint density at radius 2 is 1.83 bits per heavy atom. The highest BCUT2D eigenvalue weighted by Crippen LogP contribution is 2.33. The lowest BCUT2D eigenvalue weighted by atomic mass is 10.1. The van der Waals surface area contributed by atoms with Gasteiger partial charge in [-0.1, -0.05) is 0 Å². The molecule has 0 saturated carbocycles. The zero-order valence-corrected chi connectivity index (χ0v) is 17.6. The molecule has 1 atom stereocenters. The number of nitrogens with zero attached hydrogens (tertiary/aromatic N) is 3. The smallest absolute Gasteiger partial charge is 0.162 e. The first kappa shape index (κ1) is 21.4. The fourth-order valence-corrected chi connectivity index (χ4v) is 3.47. The van der Waals surface area contributed by atoms with Crippen LogP contribution in [0.2, 0.25) is 0 Å². The van der Waals surface area contributed by atoms with E-state index < -0.39 is 31.9 Å². The molecule has 0 aliphatic carbocycles. The van der Waals surface area contributed by atoms with Gasteiger partial charge in [0.25, 0.3) is 0 Å². The topological polar surface area (TPSA) is 98.4 Å². The van der Waals surface area contributed by atoms with Crippen LogP contribution in [-0.4, -0.2) is 50.4 Å². The van der Waals surface area contributed by atoms with Crippen LogP contribution in [0.25, 0.3) is 11.4 Å². The number of sulfone groups is 1. The molecule has 0 unspecified atom stereocenters. The van der Waals surface area contributed by atoms with E-state index in [1.807, 2.05) is 11.8 Å². The number of aromatic nitrogens is 2. The normalized spacial score (nSPS) is 18.1. The van der Waals surface area contributed by atoms with Crippen molar-refractivity contribution in [3.8, 4) is 11.4 Å². The highest BCUT2D eigenvalue weighted by molar-refractivity contribution is 7.91. The van der Waals surface area contributed by atoms with E-state index in [9.17, 15) is 17.2 Å². The van der Waals surface area contributed by atoms with E-state index in [1.54, 1.807) is 6.07 Å². The molecular weight excluding hydrogens is 402 g/mol. The first-order valence-corrected chi connectivity index (χ1v) is 11.0. The molecule has 0 radical (unpaired) electrons. The van der Waals surface area contributed by atoms with Gasteiger partial charge in [0.05, 0.1) is 24.9 Å². The van der Waals surface area contributed by atoms with Crippen LogP contribution in [0.5, 0.6) is 0 Å². The molecule has 29 heavy (non-hydrogen) atoms. The van der Waals surface area contributed by atoms with Crippen LogP contribution in [0.3, 0.4) is 0 Å². The monoisotopic (exact) mass is 426 g/mol. The zero-order chi connectivity index (χ0) is 21.6. The number of anilines is 2.